The molecule has 0 heteroatoms. The predicted octanol–water partition coefficient (Wildman–Crippen LogP) is 5.97. The van der Waals surface area contributed by atoms with Crippen LogP contribution in [0.25, 0.3) is 0 Å². The minimum atomic E-state index is 0.102. The van der Waals surface area contributed by atoms with Gasteiger partial charge in [-0.05, 0) is 16.4 Å². The Morgan fingerprint density at radius 3 is 1.60 bits per heavy atom. The zero-order valence-electron chi connectivity index (χ0n) is 13.8. The number of benzene rings is 1. The molecule has 0 saturated carbocycles. The van der Waals surface area contributed by atoms with E-state index in [0.29, 0.717) is 5.92 Å². The van der Waals surface area contributed by atoms with Gasteiger partial charge in [-0.15, -0.1) is 0 Å². The summed E-state index contributed by atoms with van der Waals surface area (Å²) in [5, 5.41) is 0. The highest BCUT2D eigenvalue weighted by atomic mass is 14.5. The van der Waals surface area contributed by atoms with E-state index in [1.165, 1.54) is 5.56 Å². The molecule has 0 nitrogen and oxygen atoms in total. The maximum atomic E-state index is 2.45. The monoisotopic (exact) mass is 268 g/mol. The van der Waals surface area contributed by atoms with E-state index in [1.807, 2.05) is 0 Å². The van der Waals surface area contributed by atoms with Crippen LogP contribution < -0.4 is 0 Å². The van der Waals surface area contributed by atoms with E-state index >= 15 is 0 Å². The van der Waals surface area contributed by atoms with Gasteiger partial charge in [-0.3, -0.25) is 0 Å². The van der Waals surface area contributed by atoms with E-state index in [9.17, 15) is 0 Å². The van der Waals surface area contributed by atoms with Crippen LogP contribution in [0, 0.1) is 16.2 Å². The molecular weight excluding hydrogens is 240 g/mol. The molecule has 0 bridgehead atoms. The zero-order valence-corrected chi connectivity index (χ0v) is 13.8. The average molecular weight is 268 g/mol. The maximum absolute atomic E-state index is 2.45. The Morgan fingerprint density at radius 1 is 0.750 bits per heavy atom. The molecule has 1 aromatic rings. The van der Waals surface area contributed by atoms with Crippen molar-refractivity contribution in [2.75, 3.05) is 0 Å². The van der Waals surface area contributed by atoms with E-state index in [0.717, 1.165) is 0 Å². The minimum absolute atomic E-state index is 0.102. The zero-order chi connectivity index (χ0) is 15.0. The first-order valence-electron chi connectivity index (χ1n) is 7.61. The summed E-state index contributed by atoms with van der Waals surface area (Å²) in [7, 11) is 0. The molecule has 0 fully saturated rings. The standard InChI is InChI=1S/C20H28/c1-18(2,3)20(19(4,5)6)14-12-17(13-15-20)16-10-8-7-9-11-16/h7-15,17H,1-6H3. The molecule has 0 amide bonds. The smallest absolute Gasteiger partial charge is 0.0199 e. The van der Waals surface area contributed by atoms with Gasteiger partial charge >= 0.3 is 0 Å². The van der Waals surface area contributed by atoms with Crippen molar-refractivity contribution < 1.29 is 0 Å². The molecule has 0 aliphatic heterocycles. The Hall–Kier alpha value is -1.30. The van der Waals surface area contributed by atoms with Crippen LogP contribution in [0.15, 0.2) is 54.6 Å². The lowest BCUT2D eigenvalue weighted by molar-refractivity contribution is 0.0651. The number of allylic oxidation sites excluding steroid dienone is 4. The molecular formula is C20H28. The second kappa shape index (κ2) is 4.91. The van der Waals surface area contributed by atoms with Gasteiger partial charge in [0.2, 0.25) is 0 Å². The minimum Gasteiger partial charge on any atom is -0.0766 e. The van der Waals surface area contributed by atoms with Crippen molar-refractivity contribution >= 4 is 0 Å². The van der Waals surface area contributed by atoms with Crippen molar-refractivity contribution in [3.8, 4) is 0 Å². The van der Waals surface area contributed by atoms with E-state index in [4.69, 9.17) is 0 Å². The predicted molar refractivity (Wildman–Crippen MR) is 88.8 cm³/mol. The molecule has 108 valence electrons. The quantitative estimate of drug-likeness (QED) is 0.550. The maximum Gasteiger partial charge on any atom is 0.0199 e. The molecule has 0 unspecified atom stereocenters. The van der Waals surface area contributed by atoms with Crippen molar-refractivity contribution in [1.29, 1.82) is 0 Å². The van der Waals surface area contributed by atoms with E-state index in [-0.39, 0.29) is 16.2 Å². The first-order valence-corrected chi connectivity index (χ1v) is 7.61. The third-order valence-corrected chi connectivity index (χ3v) is 4.80. The van der Waals surface area contributed by atoms with Gasteiger partial charge < -0.3 is 0 Å². The van der Waals surface area contributed by atoms with Crippen LogP contribution in [0.2, 0.25) is 0 Å². The molecule has 0 saturated heterocycles. The van der Waals surface area contributed by atoms with Crippen LogP contribution in [0.5, 0.6) is 0 Å². The molecule has 1 aliphatic rings. The van der Waals surface area contributed by atoms with Gasteiger partial charge in [0.15, 0.2) is 0 Å². The topological polar surface area (TPSA) is 0 Å². The Labute approximate surface area is 124 Å². The highest BCUT2D eigenvalue weighted by molar-refractivity contribution is 5.36. The van der Waals surface area contributed by atoms with Crippen LogP contribution in [-0.4, -0.2) is 0 Å². The fourth-order valence-corrected chi connectivity index (χ4v) is 3.65. The average Bonchev–Trinajstić information content (AvgIpc) is 2.37. The van der Waals surface area contributed by atoms with Gasteiger partial charge in [0.05, 0.1) is 0 Å². The summed E-state index contributed by atoms with van der Waals surface area (Å²) < 4.78 is 0. The van der Waals surface area contributed by atoms with Gasteiger partial charge in [-0.25, -0.2) is 0 Å². The van der Waals surface area contributed by atoms with Crippen LogP contribution in [0.1, 0.15) is 53.0 Å². The summed E-state index contributed by atoms with van der Waals surface area (Å²) in [5.74, 6) is 0.411. The Kier molecular flexibility index (Phi) is 3.71. The lowest BCUT2D eigenvalue weighted by Gasteiger charge is -2.51. The third-order valence-electron chi connectivity index (χ3n) is 4.80. The summed E-state index contributed by atoms with van der Waals surface area (Å²) in [6, 6.07) is 10.7. The molecule has 2 rings (SSSR count). The number of rotatable bonds is 1. The SMILES string of the molecule is CC(C)(C)C1(C(C)(C)C)C=CC(c2ccccc2)C=C1. The third kappa shape index (κ3) is 2.49. The highest BCUT2D eigenvalue weighted by Crippen LogP contribution is 2.55. The molecule has 0 spiro atoms. The van der Waals surface area contributed by atoms with Crippen molar-refractivity contribution in [2.24, 2.45) is 16.2 Å². The molecule has 0 aromatic heterocycles. The van der Waals surface area contributed by atoms with Crippen molar-refractivity contribution in [2.45, 2.75) is 47.5 Å². The first kappa shape index (κ1) is 15.1. The van der Waals surface area contributed by atoms with E-state index in [2.05, 4.69) is 96.2 Å². The highest BCUT2D eigenvalue weighted by Gasteiger charge is 2.47. The van der Waals surface area contributed by atoms with Gasteiger partial charge in [-0.1, -0.05) is 96.2 Å². The van der Waals surface area contributed by atoms with E-state index < -0.39 is 0 Å². The van der Waals surface area contributed by atoms with Crippen LogP contribution in [0.4, 0.5) is 0 Å². The fraction of sp³-hybridized carbons (Fsp3) is 0.500. The normalized spacial score (nSPS) is 19.3. The summed E-state index contributed by atoms with van der Waals surface area (Å²) >= 11 is 0. The molecule has 1 aliphatic carbocycles. The Bertz CT molecular complexity index is 473. The van der Waals surface area contributed by atoms with Gasteiger partial charge in [-0.2, -0.15) is 0 Å². The van der Waals surface area contributed by atoms with Crippen LogP contribution in [-0.2, 0) is 0 Å². The summed E-state index contributed by atoms with van der Waals surface area (Å²) in [6.45, 7) is 14.1. The number of hydrogen-bond acceptors (Lipinski definition) is 0. The molecule has 0 N–H and O–H groups in total. The molecule has 1 aromatic carbocycles. The van der Waals surface area contributed by atoms with Crippen molar-refractivity contribution in [3.05, 3.63) is 60.2 Å². The van der Waals surface area contributed by atoms with Gasteiger partial charge in [0, 0.05) is 11.3 Å². The lowest BCUT2D eigenvalue weighted by atomic mass is 9.52. The van der Waals surface area contributed by atoms with Crippen LogP contribution in [0.3, 0.4) is 0 Å². The first-order chi connectivity index (χ1) is 9.17. The molecule has 0 radical (unpaired) electrons. The molecule has 0 heterocycles. The fourth-order valence-electron chi connectivity index (χ4n) is 3.65. The van der Waals surface area contributed by atoms with Crippen molar-refractivity contribution in [3.63, 3.8) is 0 Å². The van der Waals surface area contributed by atoms with Crippen LogP contribution >= 0.6 is 0 Å². The second-order valence-corrected chi connectivity index (χ2v) is 8.02. The summed E-state index contributed by atoms with van der Waals surface area (Å²) in [5.41, 5.74) is 1.89. The summed E-state index contributed by atoms with van der Waals surface area (Å²) in [6.07, 6.45) is 9.66. The lowest BCUT2D eigenvalue weighted by Crippen LogP contribution is -2.44. The van der Waals surface area contributed by atoms with Crippen molar-refractivity contribution in [1.82, 2.24) is 0 Å². The van der Waals surface area contributed by atoms with E-state index in [1.54, 1.807) is 0 Å². The molecule has 0 atom stereocenters. The largest absolute Gasteiger partial charge is 0.0766 e. The van der Waals surface area contributed by atoms with Gasteiger partial charge in [0.1, 0.15) is 0 Å². The van der Waals surface area contributed by atoms with Gasteiger partial charge in [0.25, 0.3) is 0 Å². The number of hydrogen-bond donors (Lipinski definition) is 0. The second-order valence-electron chi connectivity index (χ2n) is 8.02. The summed E-state index contributed by atoms with van der Waals surface area (Å²) in [4.78, 5) is 0. The molecule has 20 heavy (non-hydrogen) atoms. The Morgan fingerprint density at radius 2 is 1.20 bits per heavy atom. The Balaban J connectivity index is 2.38.